The largest absolute Gasteiger partial charge is 0.478 e. The van der Waals surface area contributed by atoms with Gasteiger partial charge in [0.1, 0.15) is 5.60 Å². The van der Waals surface area contributed by atoms with E-state index in [1.165, 1.54) is 48.3 Å². The zero-order valence-electron chi connectivity index (χ0n) is 22.9. The molecule has 0 spiro atoms. The summed E-state index contributed by atoms with van der Waals surface area (Å²) in [5, 5.41) is 32.6. The molecule has 1 unspecified atom stereocenters. The molecule has 1 atom stereocenters. The molecular formula is C28H37N3O9. The minimum atomic E-state index is -1.26. The Hall–Kier alpha value is -4.00. The number of nitrogens with zero attached hydrogens (tertiary/aromatic N) is 3. The predicted octanol–water partition coefficient (Wildman–Crippen LogP) is 2.26. The van der Waals surface area contributed by atoms with Crippen molar-refractivity contribution in [1.29, 1.82) is 0 Å². The maximum atomic E-state index is 9.55. The third-order valence-electron chi connectivity index (χ3n) is 6.70. The van der Waals surface area contributed by atoms with E-state index in [4.69, 9.17) is 25.2 Å². The van der Waals surface area contributed by atoms with Crippen molar-refractivity contribution in [2.45, 2.75) is 32.4 Å². The highest BCUT2D eigenvalue weighted by Crippen LogP contribution is 2.40. The first kappa shape index (κ1) is 32.2. The van der Waals surface area contributed by atoms with Crippen molar-refractivity contribution in [2.75, 3.05) is 46.4 Å². The number of hydrogen-bond acceptors (Lipinski definition) is 7. The number of rotatable bonds is 7. The van der Waals surface area contributed by atoms with Crippen LogP contribution in [0, 0.1) is 6.92 Å². The topological polar surface area (TPSA) is 170 Å². The lowest BCUT2D eigenvalue weighted by Crippen LogP contribution is -2.46. The summed E-state index contributed by atoms with van der Waals surface area (Å²) in [7, 11) is 2.21. The van der Waals surface area contributed by atoms with E-state index in [0.717, 1.165) is 26.1 Å². The van der Waals surface area contributed by atoms with E-state index in [0.29, 0.717) is 24.3 Å². The molecule has 0 saturated carbocycles. The number of carbonyl (C=O) groups is 4. The zero-order valence-corrected chi connectivity index (χ0v) is 22.9. The van der Waals surface area contributed by atoms with Crippen LogP contribution in [0.3, 0.4) is 0 Å². The third kappa shape index (κ3) is 9.63. The minimum Gasteiger partial charge on any atom is -0.478 e. The molecule has 1 saturated heterocycles. The van der Waals surface area contributed by atoms with Crippen LogP contribution < -0.4 is 0 Å². The number of ether oxygens (including phenoxy) is 1. The molecule has 0 radical (unpaired) electrons. The number of fused-ring (bicyclic) bond motifs is 3. The molecule has 40 heavy (non-hydrogen) atoms. The monoisotopic (exact) mass is 559 g/mol. The van der Waals surface area contributed by atoms with Gasteiger partial charge in [0.2, 0.25) is 0 Å². The fourth-order valence-corrected chi connectivity index (χ4v) is 4.74. The molecule has 0 bridgehead atoms. The van der Waals surface area contributed by atoms with Crippen LogP contribution >= 0.6 is 0 Å². The molecule has 12 nitrogen and oxygen atoms in total. The molecule has 2 aliphatic rings. The SMILES string of the molecule is Cc1c2n(c3ccccc13)CCOC2(C)CCN1CCN(C)CC1.O=C(O)/C=C\C(=O)O.O=C(O)/C=C\C(=O)O. The van der Waals surface area contributed by atoms with Crippen molar-refractivity contribution in [3.05, 3.63) is 59.8 Å². The van der Waals surface area contributed by atoms with E-state index in [2.05, 4.69) is 59.5 Å². The van der Waals surface area contributed by atoms with E-state index in [9.17, 15) is 19.2 Å². The Kier molecular flexibility index (Phi) is 12.1. The molecule has 0 aliphatic carbocycles. The molecule has 1 fully saturated rings. The van der Waals surface area contributed by atoms with Gasteiger partial charge in [-0.2, -0.15) is 0 Å². The normalized spacial score (nSPS) is 19.4. The van der Waals surface area contributed by atoms with E-state index in [-0.39, 0.29) is 5.60 Å². The average Bonchev–Trinajstić information content (AvgIpc) is 3.20. The lowest BCUT2D eigenvalue weighted by Gasteiger charge is -2.39. The molecule has 4 rings (SSSR count). The van der Waals surface area contributed by atoms with Gasteiger partial charge in [-0.15, -0.1) is 0 Å². The molecular weight excluding hydrogens is 522 g/mol. The standard InChI is InChI=1S/C20H29N3O.2C4H4O4/c1-16-17-6-4-5-7-18(17)23-14-15-24-20(2,19(16)23)8-9-22-12-10-21(3)11-13-22;2*5-3(6)1-2-4(7)8/h4-7H,8-15H2,1-3H3;2*1-2H,(H,5,6)(H,7,8)/b;2*2-1-. The Morgan fingerprint density at radius 1 is 0.850 bits per heavy atom. The summed E-state index contributed by atoms with van der Waals surface area (Å²) in [4.78, 5) is 43.2. The smallest absolute Gasteiger partial charge is 0.328 e. The van der Waals surface area contributed by atoms with Gasteiger partial charge in [0, 0.05) is 74.5 Å². The van der Waals surface area contributed by atoms with Crippen molar-refractivity contribution in [3.8, 4) is 0 Å². The number of para-hydroxylation sites is 1. The van der Waals surface area contributed by atoms with E-state index in [1.807, 2.05) is 0 Å². The minimum absolute atomic E-state index is 0.176. The van der Waals surface area contributed by atoms with Gasteiger partial charge in [0.25, 0.3) is 0 Å². The van der Waals surface area contributed by atoms with Gasteiger partial charge in [0.05, 0.1) is 12.3 Å². The predicted molar refractivity (Wildman–Crippen MR) is 147 cm³/mol. The van der Waals surface area contributed by atoms with Crippen molar-refractivity contribution in [1.82, 2.24) is 14.4 Å². The van der Waals surface area contributed by atoms with Crippen LogP contribution in [0.2, 0.25) is 0 Å². The number of aromatic nitrogens is 1. The number of aryl methyl sites for hydroxylation is 1. The highest BCUT2D eigenvalue weighted by Gasteiger charge is 2.37. The van der Waals surface area contributed by atoms with Crippen molar-refractivity contribution in [3.63, 3.8) is 0 Å². The van der Waals surface area contributed by atoms with Gasteiger partial charge < -0.3 is 39.5 Å². The summed E-state index contributed by atoms with van der Waals surface area (Å²) in [6, 6.07) is 8.78. The average molecular weight is 560 g/mol. The number of piperazine rings is 1. The first-order valence-electron chi connectivity index (χ1n) is 12.7. The summed E-state index contributed by atoms with van der Waals surface area (Å²) in [6.45, 7) is 12.1. The zero-order chi connectivity index (χ0) is 29.9. The van der Waals surface area contributed by atoms with Gasteiger partial charge >= 0.3 is 23.9 Å². The van der Waals surface area contributed by atoms with Crippen LogP contribution in [0.5, 0.6) is 0 Å². The number of hydrogen-bond donors (Lipinski definition) is 4. The summed E-state index contributed by atoms with van der Waals surface area (Å²) in [6.07, 6.45) is 3.29. The molecule has 2 aromatic rings. The molecule has 0 amide bonds. The molecule has 1 aromatic heterocycles. The number of aliphatic carboxylic acids is 4. The highest BCUT2D eigenvalue weighted by molar-refractivity contribution is 5.90. The quantitative estimate of drug-likeness (QED) is 0.367. The second-order valence-electron chi connectivity index (χ2n) is 9.64. The third-order valence-corrected chi connectivity index (χ3v) is 6.70. The van der Waals surface area contributed by atoms with E-state index < -0.39 is 23.9 Å². The summed E-state index contributed by atoms with van der Waals surface area (Å²) in [5.41, 5.74) is 3.97. The maximum absolute atomic E-state index is 9.55. The van der Waals surface area contributed by atoms with Gasteiger partial charge in [0.15, 0.2) is 0 Å². The Morgan fingerprint density at radius 3 is 1.85 bits per heavy atom. The molecule has 4 N–H and O–H groups in total. The second kappa shape index (κ2) is 15.0. The fourth-order valence-electron chi connectivity index (χ4n) is 4.74. The summed E-state index contributed by atoms with van der Waals surface area (Å²) >= 11 is 0. The van der Waals surface area contributed by atoms with Crippen molar-refractivity contribution < 1.29 is 44.3 Å². The number of likely N-dealkylation sites (N-methyl/N-ethyl adjacent to an activating group) is 1. The number of carboxylic acid groups (broad SMARTS) is 4. The first-order valence-corrected chi connectivity index (χ1v) is 12.7. The molecule has 218 valence electrons. The molecule has 2 aliphatic heterocycles. The van der Waals surface area contributed by atoms with Gasteiger partial charge in [-0.05, 0) is 38.9 Å². The van der Waals surface area contributed by atoms with E-state index in [1.54, 1.807) is 0 Å². The van der Waals surface area contributed by atoms with Crippen LogP contribution in [-0.2, 0) is 36.1 Å². The van der Waals surface area contributed by atoms with Crippen LogP contribution in [0.4, 0.5) is 0 Å². The number of carboxylic acids is 4. The van der Waals surface area contributed by atoms with Gasteiger partial charge in [-0.1, -0.05) is 18.2 Å². The van der Waals surface area contributed by atoms with Crippen LogP contribution in [0.25, 0.3) is 10.9 Å². The van der Waals surface area contributed by atoms with Crippen LogP contribution in [-0.4, -0.2) is 105 Å². The van der Waals surface area contributed by atoms with Gasteiger partial charge in [-0.3, -0.25) is 0 Å². The van der Waals surface area contributed by atoms with Crippen LogP contribution in [0.1, 0.15) is 24.6 Å². The molecule has 1 aromatic carbocycles. The first-order chi connectivity index (χ1) is 18.8. The van der Waals surface area contributed by atoms with Crippen molar-refractivity contribution >= 4 is 34.8 Å². The Balaban J connectivity index is 0.000000290. The number of benzene rings is 1. The summed E-state index contributed by atoms with van der Waals surface area (Å²) < 4.78 is 8.85. The Labute approximate surface area is 232 Å². The van der Waals surface area contributed by atoms with Crippen LogP contribution in [0.15, 0.2) is 48.6 Å². The van der Waals surface area contributed by atoms with Crippen molar-refractivity contribution in [2.24, 2.45) is 0 Å². The highest BCUT2D eigenvalue weighted by atomic mass is 16.5. The fraction of sp³-hybridized carbons (Fsp3) is 0.429. The molecule has 3 heterocycles. The Morgan fingerprint density at radius 2 is 1.35 bits per heavy atom. The molecule has 12 heteroatoms. The second-order valence-corrected chi connectivity index (χ2v) is 9.64. The van der Waals surface area contributed by atoms with E-state index >= 15 is 0 Å². The lowest BCUT2D eigenvalue weighted by molar-refractivity contribution is -0.134. The maximum Gasteiger partial charge on any atom is 0.328 e. The summed E-state index contributed by atoms with van der Waals surface area (Å²) in [5.74, 6) is -5.03. The lowest BCUT2D eigenvalue weighted by atomic mass is 9.92. The Bertz CT molecular complexity index is 1190. The van der Waals surface area contributed by atoms with Gasteiger partial charge in [-0.25, -0.2) is 19.2 Å².